The van der Waals surface area contributed by atoms with E-state index in [9.17, 15) is 0 Å². The Kier molecular flexibility index (Phi) is 8.93. The van der Waals surface area contributed by atoms with Gasteiger partial charge in [0.25, 0.3) is 0 Å². The van der Waals surface area contributed by atoms with Crippen LogP contribution in [0.2, 0.25) is 0 Å². The maximum absolute atomic E-state index is 3.12. The van der Waals surface area contributed by atoms with E-state index >= 15 is 0 Å². The molecule has 0 aromatic heterocycles. The van der Waals surface area contributed by atoms with Crippen LogP contribution >= 0.6 is 0 Å². The summed E-state index contributed by atoms with van der Waals surface area (Å²) in [5.41, 5.74) is 8.75. The number of allylic oxidation sites excluding steroid dienone is 4. The Hall–Kier alpha value is -1.00. The fraction of sp³-hybridized carbons (Fsp3) is 0.696. The molecule has 0 amide bonds. The van der Waals surface area contributed by atoms with Crippen LogP contribution in [0.4, 0.5) is 0 Å². The molecule has 0 fully saturated rings. The minimum Gasteiger partial charge on any atom is -0.137 e. The largest absolute Gasteiger partial charge is 0.137 e. The van der Waals surface area contributed by atoms with E-state index in [2.05, 4.69) is 88.1 Å². The molecule has 0 spiro atoms. The van der Waals surface area contributed by atoms with E-state index in [0.717, 1.165) is 35.5 Å². The lowest BCUT2D eigenvalue weighted by Crippen LogP contribution is -2.08. The SMILES string of the molecule is C=C=C.CC1=C(C)[C@@H](C)C(C)C1C.CC1=C(C)[C@@H](C)C(C)C1C. The average Bonchev–Trinajstić information content (AvgIpc) is 2.80. The van der Waals surface area contributed by atoms with Gasteiger partial charge in [0.15, 0.2) is 0 Å². The van der Waals surface area contributed by atoms with Crippen molar-refractivity contribution in [1.82, 2.24) is 0 Å². The fourth-order valence-corrected chi connectivity index (χ4v) is 3.88. The first-order valence-corrected chi connectivity index (χ1v) is 9.16. The monoisotopic (exact) mass is 316 g/mol. The van der Waals surface area contributed by atoms with Gasteiger partial charge in [0.1, 0.15) is 0 Å². The van der Waals surface area contributed by atoms with Crippen molar-refractivity contribution in [3.8, 4) is 0 Å². The molecule has 0 aliphatic heterocycles. The molecule has 0 bridgehead atoms. The highest BCUT2D eigenvalue weighted by Crippen LogP contribution is 2.41. The van der Waals surface area contributed by atoms with E-state index in [0.29, 0.717) is 0 Å². The van der Waals surface area contributed by atoms with Crippen LogP contribution in [0.3, 0.4) is 0 Å². The Morgan fingerprint density at radius 2 is 0.652 bits per heavy atom. The summed E-state index contributed by atoms with van der Waals surface area (Å²) in [4.78, 5) is 0. The van der Waals surface area contributed by atoms with Crippen LogP contribution in [0, 0.1) is 35.5 Å². The maximum atomic E-state index is 3.12. The van der Waals surface area contributed by atoms with Crippen molar-refractivity contribution in [2.24, 2.45) is 35.5 Å². The van der Waals surface area contributed by atoms with Crippen LogP contribution in [0.25, 0.3) is 0 Å². The zero-order valence-electron chi connectivity index (χ0n) is 17.4. The van der Waals surface area contributed by atoms with Crippen LogP contribution in [-0.4, -0.2) is 0 Å². The predicted molar refractivity (Wildman–Crippen MR) is 106 cm³/mol. The van der Waals surface area contributed by atoms with E-state index in [1.54, 1.807) is 22.3 Å². The molecular weight excluding hydrogens is 276 g/mol. The van der Waals surface area contributed by atoms with Gasteiger partial charge in [-0.25, -0.2) is 0 Å². The van der Waals surface area contributed by atoms with Gasteiger partial charge < -0.3 is 0 Å². The third kappa shape index (κ3) is 4.98. The second-order valence-corrected chi connectivity index (χ2v) is 7.85. The Balaban J connectivity index is 0.000000360. The minimum atomic E-state index is 0.815. The molecule has 0 radical (unpaired) electrons. The minimum absolute atomic E-state index is 0.815. The normalized spacial score (nSPS) is 36.1. The van der Waals surface area contributed by atoms with E-state index in [1.165, 1.54) is 0 Å². The number of rotatable bonds is 0. The van der Waals surface area contributed by atoms with Crippen molar-refractivity contribution in [2.75, 3.05) is 0 Å². The van der Waals surface area contributed by atoms with Crippen LogP contribution in [-0.2, 0) is 0 Å². The summed E-state index contributed by atoms with van der Waals surface area (Å²) in [5, 5.41) is 0. The smallest absolute Gasteiger partial charge is 0.0200 e. The van der Waals surface area contributed by atoms with Crippen LogP contribution in [0.1, 0.15) is 69.2 Å². The summed E-state index contributed by atoms with van der Waals surface area (Å²) in [7, 11) is 0. The summed E-state index contributed by atoms with van der Waals surface area (Å²) >= 11 is 0. The van der Waals surface area contributed by atoms with Crippen molar-refractivity contribution in [3.63, 3.8) is 0 Å². The third-order valence-electron chi connectivity index (χ3n) is 7.13. The summed E-state index contributed by atoms with van der Waals surface area (Å²) in [5.74, 6) is 4.98. The Labute approximate surface area is 146 Å². The second kappa shape index (κ2) is 9.33. The number of hydrogen-bond acceptors (Lipinski definition) is 0. The third-order valence-corrected chi connectivity index (χ3v) is 7.13. The van der Waals surface area contributed by atoms with E-state index in [4.69, 9.17) is 0 Å². The molecule has 0 N–H and O–H groups in total. The summed E-state index contributed by atoms with van der Waals surface area (Å²) in [6.45, 7) is 29.4. The molecule has 2 rings (SSSR count). The molecule has 0 aromatic carbocycles. The molecule has 0 heteroatoms. The first-order valence-electron chi connectivity index (χ1n) is 9.16. The highest BCUT2D eigenvalue weighted by Gasteiger charge is 2.30. The molecule has 6 atom stereocenters. The van der Waals surface area contributed by atoms with Gasteiger partial charge in [-0.3, -0.25) is 0 Å². The first kappa shape index (κ1) is 22.0. The maximum Gasteiger partial charge on any atom is -0.0200 e. The molecule has 2 aliphatic carbocycles. The lowest BCUT2D eigenvalue weighted by atomic mass is 9.90. The Bertz CT molecular complexity index is 406. The fourth-order valence-electron chi connectivity index (χ4n) is 3.88. The molecular formula is C23H40. The molecule has 0 saturated carbocycles. The second-order valence-electron chi connectivity index (χ2n) is 7.85. The molecule has 0 saturated heterocycles. The van der Waals surface area contributed by atoms with Gasteiger partial charge >= 0.3 is 0 Å². The molecule has 0 heterocycles. The lowest BCUT2D eigenvalue weighted by molar-refractivity contribution is 0.390. The van der Waals surface area contributed by atoms with Crippen molar-refractivity contribution in [2.45, 2.75) is 69.2 Å². The molecule has 0 nitrogen and oxygen atoms in total. The molecule has 132 valence electrons. The Morgan fingerprint density at radius 3 is 0.696 bits per heavy atom. The summed E-state index contributed by atoms with van der Waals surface area (Å²) in [6, 6.07) is 0. The van der Waals surface area contributed by atoms with Crippen molar-refractivity contribution >= 4 is 0 Å². The number of hydrogen-bond donors (Lipinski definition) is 0. The van der Waals surface area contributed by atoms with E-state index in [1.807, 2.05) is 0 Å². The van der Waals surface area contributed by atoms with Gasteiger partial charge in [0.05, 0.1) is 0 Å². The van der Waals surface area contributed by atoms with Gasteiger partial charge in [0.2, 0.25) is 0 Å². The standard InChI is InChI=1S/2C10H18.C3H4/c2*1-6-7(2)9(4)10(5)8(6)3;1-3-2/h2*6-8H,1-5H3;1-2H2/t2*6?,7-,8?;/m00./s1. The molecule has 2 aliphatic rings. The lowest BCUT2D eigenvalue weighted by Gasteiger charge is -2.15. The molecule has 0 aromatic rings. The zero-order valence-corrected chi connectivity index (χ0v) is 17.4. The van der Waals surface area contributed by atoms with Crippen LogP contribution < -0.4 is 0 Å². The molecule has 23 heavy (non-hydrogen) atoms. The highest BCUT2D eigenvalue weighted by atomic mass is 14.4. The van der Waals surface area contributed by atoms with Gasteiger partial charge in [-0.15, -0.1) is 5.73 Å². The summed E-state index contributed by atoms with van der Waals surface area (Å²) in [6.07, 6.45) is 0. The van der Waals surface area contributed by atoms with E-state index in [-0.39, 0.29) is 0 Å². The van der Waals surface area contributed by atoms with Gasteiger partial charge in [-0.05, 0) is 63.2 Å². The van der Waals surface area contributed by atoms with Crippen LogP contribution in [0.15, 0.2) is 41.2 Å². The average molecular weight is 317 g/mol. The molecule has 4 unspecified atom stereocenters. The quantitative estimate of drug-likeness (QED) is 0.321. The van der Waals surface area contributed by atoms with Crippen molar-refractivity contribution in [1.29, 1.82) is 0 Å². The van der Waals surface area contributed by atoms with Gasteiger partial charge in [0, 0.05) is 0 Å². The van der Waals surface area contributed by atoms with Crippen molar-refractivity contribution < 1.29 is 0 Å². The van der Waals surface area contributed by atoms with E-state index < -0.39 is 0 Å². The predicted octanol–water partition coefficient (Wildman–Crippen LogP) is 7.45. The van der Waals surface area contributed by atoms with Gasteiger partial charge in [-0.2, -0.15) is 0 Å². The van der Waals surface area contributed by atoms with Crippen LogP contribution in [0.5, 0.6) is 0 Å². The first-order chi connectivity index (χ1) is 10.5. The highest BCUT2D eigenvalue weighted by molar-refractivity contribution is 5.23. The Morgan fingerprint density at radius 1 is 0.522 bits per heavy atom. The topological polar surface area (TPSA) is 0 Å². The summed E-state index contributed by atoms with van der Waals surface area (Å²) < 4.78 is 0. The van der Waals surface area contributed by atoms with Gasteiger partial charge in [-0.1, -0.05) is 77.0 Å². The van der Waals surface area contributed by atoms with Crippen molar-refractivity contribution in [3.05, 3.63) is 41.2 Å². The zero-order chi connectivity index (χ0) is 18.5.